The van der Waals surface area contributed by atoms with Gasteiger partial charge in [-0.2, -0.15) is 5.26 Å². The summed E-state index contributed by atoms with van der Waals surface area (Å²) < 4.78 is 12.2. The molecule has 4 aromatic rings. The highest BCUT2D eigenvalue weighted by Crippen LogP contribution is 2.47. The van der Waals surface area contributed by atoms with Crippen molar-refractivity contribution in [1.29, 1.82) is 5.26 Å². The third-order valence-corrected chi connectivity index (χ3v) is 6.55. The largest absolute Gasteiger partial charge is 0.481 e. The van der Waals surface area contributed by atoms with Crippen molar-refractivity contribution in [3.05, 3.63) is 75.3 Å². The molecular formula is C25H19ClN4O2. The van der Waals surface area contributed by atoms with Gasteiger partial charge in [-0.3, -0.25) is 4.98 Å². The molecule has 1 N–H and O–H groups in total. The maximum atomic E-state index is 9.40. The number of nitrogens with one attached hydrogen (secondary N) is 1. The van der Waals surface area contributed by atoms with Crippen molar-refractivity contribution in [2.75, 3.05) is 6.54 Å². The number of rotatable bonds is 2. The Balaban J connectivity index is 1.48. The third kappa shape index (κ3) is 2.97. The molecule has 32 heavy (non-hydrogen) atoms. The molecule has 0 spiro atoms. The fraction of sp³-hybridized carbons (Fsp3) is 0.240. The molecule has 4 heterocycles. The van der Waals surface area contributed by atoms with E-state index in [4.69, 9.17) is 20.9 Å². The molecule has 0 saturated carbocycles. The average Bonchev–Trinajstić information content (AvgIpc) is 3.41. The molecule has 2 aliphatic heterocycles. The molecule has 1 atom stereocenters. The van der Waals surface area contributed by atoms with Crippen LogP contribution in [0.5, 0.6) is 5.75 Å². The van der Waals surface area contributed by atoms with Crippen molar-refractivity contribution in [3.63, 3.8) is 0 Å². The van der Waals surface area contributed by atoms with Crippen LogP contribution in [0, 0.1) is 18.3 Å². The van der Waals surface area contributed by atoms with Gasteiger partial charge in [-0.15, -0.1) is 0 Å². The van der Waals surface area contributed by atoms with Gasteiger partial charge in [-0.1, -0.05) is 16.8 Å². The molecule has 0 saturated heterocycles. The van der Waals surface area contributed by atoms with E-state index in [-0.39, 0.29) is 6.10 Å². The summed E-state index contributed by atoms with van der Waals surface area (Å²) in [5.74, 6) is 1.60. The number of hydrogen-bond acceptors (Lipinski definition) is 6. The Morgan fingerprint density at radius 1 is 1.22 bits per heavy atom. The number of hydrogen-bond donors (Lipinski definition) is 1. The minimum absolute atomic E-state index is 0.238. The van der Waals surface area contributed by atoms with Gasteiger partial charge in [0.1, 0.15) is 5.75 Å². The minimum atomic E-state index is -0.238. The maximum Gasteiger partial charge on any atom is 0.182 e. The maximum absolute atomic E-state index is 9.40. The first-order valence-electron chi connectivity index (χ1n) is 10.6. The SMILES string of the molecule is Cc1cc2c(-c3cc(Cl)cc4c3OC(c3onc5c3CNCC5)C4)ccnc2cc1C#N. The second-order valence-electron chi connectivity index (χ2n) is 8.31. The molecule has 0 aliphatic carbocycles. The summed E-state index contributed by atoms with van der Waals surface area (Å²) in [6, 6.07) is 11.9. The van der Waals surface area contributed by atoms with Crippen molar-refractivity contribution in [1.82, 2.24) is 15.5 Å². The number of aryl methyl sites for hydroxylation is 1. The number of benzene rings is 2. The van der Waals surface area contributed by atoms with Crippen LogP contribution < -0.4 is 10.1 Å². The lowest BCUT2D eigenvalue weighted by atomic mass is 9.95. The van der Waals surface area contributed by atoms with Gasteiger partial charge in [0, 0.05) is 59.2 Å². The van der Waals surface area contributed by atoms with Crippen LogP contribution in [0.25, 0.3) is 22.0 Å². The monoisotopic (exact) mass is 442 g/mol. The predicted octanol–water partition coefficient (Wildman–Crippen LogP) is 5.05. The van der Waals surface area contributed by atoms with Gasteiger partial charge in [-0.05, 0) is 48.4 Å². The number of fused-ring (bicyclic) bond motifs is 3. The summed E-state index contributed by atoms with van der Waals surface area (Å²) >= 11 is 6.54. The van der Waals surface area contributed by atoms with Gasteiger partial charge in [-0.25, -0.2) is 0 Å². The Labute approximate surface area is 189 Å². The van der Waals surface area contributed by atoms with Crippen molar-refractivity contribution in [3.8, 4) is 22.9 Å². The van der Waals surface area contributed by atoms with Crippen LogP contribution in [0.3, 0.4) is 0 Å². The number of nitrogens with zero attached hydrogens (tertiary/aromatic N) is 3. The summed E-state index contributed by atoms with van der Waals surface area (Å²) in [5.41, 5.74) is 7.36. The Hall–Kier alpha value is -3.40. The second-order valence-corrected chi connectivity index (χ2v) is 8.74. The fourth-order valence-electron chi connectivity index (χ4n) is 4.74. The lowest BCUT2D eigenvalue weighted by molar-refractivity contribution is 0.189. The van der Waals surface area contributed by atoms with E-state index in [1.807, 2.05) is 37.3 Å². The van der Waals surface area contributed by atoms with E-state index in [2.05, 4.69) is 21.5 Å². The highest BCUT2D eigenvalue weighted by atomic mass is 35.5. The predicted molar refractivity (Wildman–Crippen MR) is 121 cm³/mol. The third-order valence-electron chi connectivity index (χ3n) is 6.33. The van der Waals surface area contributed by atoms with Crippen LogP contribution in [-0.4, -0.2) is 16.7 Å². The molecular weight excluding hydrogens is 424 g/mol. The molecule has 2 aromatic heterocycles. The van der Waals surface area contributed by atoms with Crippen molar-refractivity contribution in [2.24, 2.45) is 0 Å². The Bertz CT molecular complexity index is 1440. The van der Waals surface area contributed by atoms with Gasteiger partial charge >= 0.3 is 0 Å². The molecule has 7 heteroatoms. The van der Waals surface area contributed by atoms with Gasteiger partial charge in [0.15, 0.2) is 11.9 Å². The van der Waals surface area contributed by atoms with E-state index < -0.39 is 0 Å². The molecule has 0 amide bonds. The molecule has 1 unspecified atom stereocenters. The number of halogens is 1. The van der Waals surface area contributed by atoms with E-state index in [0.29, 0.717) is 17.0 Å². The van der Waals surface area contributed by atoms with Crippen LogP contribution in [0.4, 0.5) is 0 Å². The van der Waals surface area contributed by atoms with Crippen molar-refractivity contribution < 1.29 is 9.26 Å². The Morgan fingerprint density at radius 2 is 2.12 bits per heavy atom. The first kappa shape index (κ1) is 19.3. The van der Waals surface area contributed by atoms with Gasteiger partial charge in [0.05, 0.1) is 22.8 Å². The van der Waals surface area contributed by atoms with E-state index in [1.54, 1.807) is 6.20 Å². The number of aromatic nitrogens is 2. The molecule has 6 nitrogen and oxygen atoms in total. The molecule has 6 rings (SSSR count). The highest BCUT2D eigenvalue weighted by molar-refractivity contribution is 6.31. The lowest BCUT2D eigenvalue weighted by Gasteiger charge is -2.15. The summed E-state index contributed by atoms with van der Waals surface area (Å²) in [6.45, 7) is 3.59. The molecule has 0 fully saturated rings. The van der Waals surface area contributed by atoms with Crippen molar-refractivity contribution >= 4 is 22.5 Å². The second kappa shape index (κ2) is 7.33. The van der Waals surface area contributed by atoms with Crippen LogP contribution in [-0.2, 0) is 19.4 Å². The Morgan fingerprint density at radius 3 is 3.00 bits per heavy atom. The first-order valence-corrected chi connectivity index (χ1v) is 11.0. The van der Waals surface area contributed by atoms with E-state index in [0.717, 1.165) is 75.4 Å². The molecule has 2 aliphatic rings. The van der Waals surface area contributed by atoms with Crippen LogP contribution >= 0.6 is 11.6 Å². The molecule has 0 radical (unpaired) electrons. The lowest BCUT2D eigenvalue weighted by Crippen LogP contribution is -2.24. The van der Waals surface area contributed by atoms with Crippen molar-refractivity contribution in [2.45, 2.75) is 32.4 Å². The number of nitriles is 1. The topological polar surface area (TPSA) is 84.0 Å². The average molecular weight is 443 g/mol. The minimum Gasteiger partial charge on any atom is -0.481 e. The molecule has 158 valence electrons. The zero-order valence-electron chi connectivity index (χ0n) is 17.4. The van der Waals surface area contributed by atoms with Crippen LogP contribution in [0.2, 0.25) is 5.02 Å². The zero-order chi connectivity index (χ0) is 21.8. The number of pyridine rings is 1. The van der Waals surface area contributed by atoms with E-state index in [9.17, 15) is 5.26 Å². The standard InChI is InChI=1S/C25H19ClN4O2/c1-13-6-18-17(2-5-29-22(18)8-15(13)11-27)19-10-16(26)7-14-9-23(31-24(14)19)25-20-12-28-4-3-21(20)30-32-25/h2,5-8,10,23,28H,3-4,9,12H2,1H3. The summed E-state index contributed by atoms with van der Waals surface area (Å²) in [6.07, 6.45) is 3.05. The van der Waals surface area contributed by atoms with Crippen LogP contribution in [0.1, 0.15) is 39.8 Å². The first-order chi connectivity index (χ1) is 15.6. The van der Waals surface area contributed by atoms with Crippen LogP contribution in [0.15, 0.2) is 41.1 Å². The van der Waals surface area contributed by atoms with E-state index in [1.165, 1.54) is 0 Å². The molecule has 2 aromatic carbocycles. The van der Waals surface area contributed by atoms with E-state index >= 15 is 0 Å². The van der Waals surface area contributed by atoms with Gasteiger partial charge < -0.3 is 14.6 Å². The van der Waals surface area contributed by atoms with Gasteiger partial charge in [0.2, 0.25) is 0 Å². The Kier molecular flexibility index (Phi) is 4.42. The summed E-state index contributed by atoms with van der Waals surface area (Å²) in [7, 11) is 0. The quantitative estimate of drug-likeness (QED) is 0.468. The normalized spacial score (nSPS) is 17.0. The summed E-state index contributed by atoms with van der Waals surface area (Å²) in [5, 5.41) is 18.7. The summed E-state index contributed by atoms with van der Waals surface area (Å²) in [4.78, 5) is 4.48. The number of ether oxygens (including phenoxy) is 1. The van der Waals surface area contributed by atoms with Gasteiger partial charge in [0.25, 0.3) is 0 Å². The smallest absolute Gasteiger partial charge is 0.182 e. The highest BCUT2D eigenvalue weighted by Gasteiger charge is 2.34. The molecule has 0 bridgehead atoms. The fourth-order valence-corrected chi connectivity index (χ4v) is 4.98. The zero-order valence-corrected chi connectivity index (χ0v) is 18.2.